The smallest absolute Gasteiger partial charge is 0.0462 e. The van der Waals surface area contributed by atoms with Crippen LogP contribution in [-0.2, 0) is 0 Å². The molecule has 0 fully saturated rings. The Balaban J connectivity index is 1.15. The highest BCUT2D eigenvalue weighted by atomic mass is 15.1. The lowest BCUT2D eigenvalue weighted by Crippen LogP contribution is -2.09. The topological polar surface area (TPSA) is 3.24 Å². The highest BCUT2D eigenvalue weighted by Gasteiger charge is 2.14. The van der Waals surface area contributed by atoms with E-state index in [2.05, 4.69) is 205 Å². The lowest BCUT2D eigenvalue weighted by Gasteiger charge is -2.26. The average Bonchev–Trinajstić information content (AvgIpc) is 3.16. The average molecular weight is 600 g/mol. The fraction of sp³-hybridized carbons (Fsp3) is 0. The van der Waals surface area contributed by atoms with Crippen LogP contribution in [0.25, 0.3) is 55.3 Å². The van der Waals surface area contributed by atoms with E-state index in [4.69, 9.17) is 0 Å². The molecule has 222 valence electrons. The Kier molecular flexibility index (Phi) is 7.63. The van der Waals surface area contributed by atoms with E-state index in [1.165, 1.54) is 55.3 Å². The molecule has 0 atom stereocenters. The summed E-state index contributed by atoms with van der Waals surface area (Å²) in [7, 11) is 0. The van der Waals surface area contributed by atoms with Gasteiger partial charge in [0.15, 0.2) is 0 Å². The zero-order valence-corrected chi connectivity index (χ0v) is 26.0. The summed E-state index contributed by atoms with van der Waals surface area (Å²) >= 11 is 0. The van der Waals surface area contributed by atoms with Gasteiger partial charge in [0.25, 0.3) is 0 Å². The monoisotopic (exact) mass is 599 g/mol. The Morgan fingerprint density at radius 1 is 0.255 bits per heavy atom. The van der Waals surface area contributed by atoms with Gasteiger partial charge in [0.1, 0.15) is 0 Å². The van der Waals surface area contributed by atoms with Crippen molar-refractivity contribution in [1.82, 2.24) is 0 Å². The molecule has 0 unspecified atom stereocenters. The quantitative estimate of drug-likeness (QED) is 0.176. The van der Waals surface area contributed by atoms with Gasteiger partial charge in [-0.1, -0.05) is 158 Å². The zero-order chi connectivity index (χ0) is 31.4. The number of para-hydroxylation sites is 1. The Hall–Kier alpha value is -6.18. The van der Waals surface area contributed by atoms with E-state index in [0.29, 0.717) is 0 Å². The maximum Gasteiger partial charge on any atom is 0.0462 e. The molecule has 0 saturated heterocycles. The molecule has 1 heteroatoms. The zero-order valence-electron chi connectivity index (χ0n) is 26.0. The van der Waals surface area contributed by atoms with Crippen LogP contribution in [0.15, 0.2) is 200 Å². The summed E-state index contributed by atoms with van der Waals surface area (Å²) < 4.78 is 0. The molecule has 47 heavy (non-hydrogen) atoms. The van der Waals surface area contributed by atoms with Crippen molar-refractivity contribution in [2.24, 2.45) is 0 Å². The van der Waals surface area contributed by atoms with Crippen molar-refractivity contribution >= 4 is 27.8 Å². The Morgan fingerprint density at radius 3 is 1.38 bits per heavy atom. The first-order valence-corrected chi connectivity index (χ1v) is 16.1. The van der Waals surface area contributed by atoms with E-state index in [-0.39, 0.29) is 0 Å². The minimum absolute atomic E-state index is 1.11. The summed E-state index contributed by atoms with van der Waals surface area (Å²) in [6.45, 7) is 0. The van der Waals surface area contributed by atoms with E-state index >= 15 is 0 Å². The fourth-order valence-corrected chi connectivity index (χ4v) is 6.57. The number of fused-ring (bicyclic) bond motifs is 1. The van der Waals surface area contributed by atoms with Crippen LogP contribution >= 0.6 is 0 Å². The van der Waals surface area contributed by atoms with Crippen LogP contribution in [0, 0.1) is 0 Å². The van der Waals surface area contributed by atoms with Crippen molar-refractivity contribution in [3.8, 4) is 44.5 Å². The lowest BCUT2D eigenvalue weighted by atomic mass is 9.91. The Labute approximate surface area is 276 Å². The van der Waals surface area contributed by atoms with Gasteiger partial charge in [0.2, 0.25) is 0 Å². The van der Waals surface area contributed by atoms with Gasteiger partial charge >= 0.3 is 0 Å². The predicted octanol–water partition coefficient (Wildman–Crippen LogP) is 13.0. The number of hydrogen-bond acceptors (Lipinski definition) is 1. The summed E-state index contributed by atoms with van der Waals surface area (Å²) in [6.07, 6.45) is 0. The number of hydrogen-bond donors (Lipinski definition) is 0. The third kappa shape index (κ3) is 5.72. The normalized spacial score (nSPS) is 11.0. The molecule has 0 heterocycles. The van der Waals surface area contributed by atoms with Gasteiger partial charge in [-0.05, 0) is 97.7 Å². The van der Waals surface area contributed by atoms with Crippen LogP contribution in [0.1, 0.15) is 0 Å². The van der Waals surface area contributed by atoms with Gasteiger partial charge in [-0.25, -0.2) is 0 Å². The molecule has 1 nitrogen and oxygen atoms in total. The first kappa shape index (κ1) is 28.3. The van der Waals surface area contributed by atoms with Crippen molar-refractivity contribution < 1.29 is 0 Å². The maximum absolute atomic E-state index is 2.32. The second kappa shape index (κ2) is 12.7. The molecule has 0 aliphatic carbocycles. The number of nitrogens with zero attached hydrogens (tertiary/aromatic N) is 1. The summed E-state index contributed by atoms with van der Waals surface area (Å²) in [5, 5.41) is 2.53. The summed E-state index contributed by atoms with van der Waals surface area (Å²) in [5.41, 5.74) is 13.1. The van der Waals surface area contributed by atoms with Crippen LogP contribution < -0.4 is 4.90 Å². The molecule has 0 amide bonds. The lowest BCUT2D eigenvalue weighted by molar-refractivity contribution is 1.28. The van der Waals surface area contributed by atoms with E-state index in [1.54, 1.807) is 0 Å². The van der Waals surface area contributed by atoms with Crippen LogP contribution in [0.5, 0.6) is 0 Å². The predicted molar refractivity (Wildman–Crippen MR) is 200 cm³/mol. The van der Waals surface area contributed by atoms with Gasteiger partial charge in [-0.15, -0.1) is 0 Å². The molecule has 0 spiro atoms. The molecule has 8 rings (SSSR count). The summed E-state index contributed by atoms with van der Waals surface area (Å²) in [4.78, 5) is 2.32. The second-order valence-electron chi connectivity index (χ2n) is 11.8. The first-order chi connectivity index (χ1) is 23.3. The third-order valence-corrected chi connectivity index (χ3v) is 8.88. The number of anilines is 3. The third-order valence-electron chi connectivity index (χ3n) is 8.88. The van der Waals surface area contributed by atoms with E-state index in [9.17, 15) is 0 Å². The van der Waals surface area contributed by atoms with Crippen molar-refractivity contribution in [3.05, 3.63) is 200 Å². The van der Waals surface area contributed by atoms with Gasteiger partial charge < -0.3 is 4.90 Å². The largest absolute Gasteiger partial charge is 0.311 e. The first-order valence-electron chi connectivity index (χ1n) is 16.1. The molecule has 0 bridgehead atoms. The number of benzene rings is 8. The van der Waals surface area contributed by atoms with Crippen molar-refractivity contribution in [2.45, 2.75) is 0 Å². The molecule has 0 aliphatic rings. The van der Waals surface area contributed by atoms with Gasteiger partial charge in [0.05, 0.1) is 0 Å². The van der Waals surface area contributed by atoms with Crippen LogP contribution in [0.3, 0.4) is 0 Å². The highest BCUT2D eigenvalue weighted by molar-refractivity contribution is 5.97. The van der Waals surface area contributed by atoms with Gasteiger partial charge in [-0.2, -0.15) is 0 Å². The molecule has 0 saturated carbocycles. The minimum atomic E-state index is 1.11. The van der Waals surface area contributed by atoms with Crippen molar-refractivity contribution in [2.75, 3.05) is 4.90 Å². The van der Waals surface area contributed by atoms with Crippen LogP contribution in [0.4, 0.5) is 17.1 Å². The summed E-state index contributed by atoms with van der Waals surface area (Å²) in [5.74, 6) is 0. The standard InChI is InChI=1S/C46H33N/c1-3-13-34(14-4-1)35-25-29-41(30-26-35)47(40-19-5-2-6-20-40)42-31-27-37(28-32-42)44-22-9-10-23-45(44)38-17-11-18-39(33-38)46-24-12-16-36-15-7-8-21-43(36)46/h1-33H. The second-order valence-corrected chi connectivity index (χ2v) is 11.8. The maximum atomic E-state index is 2.32. The highest BCUT2D eigenvalue weighted by Crippen LogP contribution is 2.39. The van der Waals surface area contributed by atoms with Crippen LogP contribution in [-0.4, -0.2) is 0 Å². The van der Waals surface area contributed by atoms with E-state index < -0.39 is 0 Å². The molecule has 0 aromatic heterocycles. The van der Waals surface area contributed by atoms with Crippen LogP contribution in [0.2, 0.25) is 0 Å². The molecule has 8 aromatic rings. The molecule has 0 radical (unpaired) electrons. The fourth-order valence-electron chi connectivity index (χ4n) is 6.57. The minimum Gasteiger partial charge on any atom is -0.311 e. The molecule has 0 N–H and O–H groups in total. The molecule has 0 aliphatic heterocycles. The van der Waals surface area contributed by atoms with Gasteiger partial charge in [-0.3, -0.25) is 0 Å². The number of rotatable bonds is 7. The van der Waals surface area contributed by atoms with Crippen molar-refractivity contribution in [1.29, 1.82) is 0 Å². The van der Waals surface area contributed by atoms with Crippen molar-refractivity contribution in [3.63, 3.8) is 0 Å². The Bertz CT molecular complexity index is 2260. The molecule has 8 aromatic carbocycles. The van der Waals surface area contributed by atoms with E-state index in [0.717, 1.165) is 17.1 Å². The van der Waals surface area contributed by atoms with Gasteiger partial charge in [0, 0.05) is 17.1 Å². The summed E-state index contributed by atoms with van der Waals surface area (Å²) in [6, 6.07) is 71.7. The molecular formula is C46H33N. The Morgan fingerprint density at radius 2 is 0.681 bits per heavy atom. The molecular weight excluding hydrogens is 567 g/mol. The SMILES string of the molecule is c1ccc(-c2ccc(N(c3ccccc3)c3ccc(-c4ccccc4-c4cccc(-c5cccc6ccccc56)c4)cc3)cc2)cc1. The van der Waals surface area contributed by atoms with E-state index in [1.807, 2.05) is 0 Å².